The largest absolute Gasteiger partial charge is 0.378 e. The minimum atomic E-state index is -0.229. The number of piperidine rings is 2. The maximum Gasteiger partial charge on any atom is 0.272 e. The fraction of sp³-hybridized carbons (Fsp3) is 0.739. The van der Waals surface area contributed by atoms with Crippen molar-refractivity contribution in [3.8, 4) is 0 Å². The Kier molecular flexibility index (Phi) is 14.5. The molecule has 10 heteroatoms. The van der Waals surface area contributed by atoms with Crippen molar-refractivity contribution in [1.82, 2.24) is 9.80 Å². The summed E-state index contributed by atoms with van der Waals surface area (Å²) in [7, 11) is 0. The van der Waals surface area contributed by atoms with E-state index < -0.39 is 0 Å². The lowest BCUT2D eigenvalue weighted by molar-refractivity contribution is -0.385. The lowest BCUT2D eigenvalue weighted by atomic mass is 9.86. The molecule has 4 aliphatic carbocycles. The van der Waals surface area contributed by atoms with E-state index in [0.717, 1.165) is 124 Å². The highest BCUT2D eigenvalue weighted by molar-refractivity contribution is 5.43. The molecule has 8 rings (SSSR count). The van der Waals surface area contributed by atoms with Gasteiger partial charge in [0.05, 0.1) is 22.1 Å². The maximum atomic E-state index is 11.3. The first-order chi connectivity index (χ1) is 27.2. The number of nitrogens with zero attached hydrogens (tertiary/aromatic N) is 4. The van der Waals surface area contributed by atoms with Crippen LogP contribution in [-0.4, -0.2) is 83.3 Å². The van der Waals surface area contributed by atoms with Gasteiger partial charge in [-0.2, -0.15) is 0 Å². The summed E-state index contributed by atoms with van der Waals surface area (Å²) in [5.41, 5.74) is 4.63. The molecular formula is C46H68N4O6. The minimum Gasteiger partial charge on any atom is -0.378 e. The quantitative estimate of drug-likeness (QED) is 0.138. The lowest BCUT2D eigenvalue weighted by Gasteiger charge is -2.40. The number of hydrogen-bond acceptors (Lipinski definition) is 8. The predicted octanol–water partition coefficient (Wildman–Crippen LogP) is 9.79. The SMILES string of the molecule is Cc1ccc([N+](=O)[O-])c(CC2CCN(C3CCC(OCC4CC4)CC3)CC2)c1.Cc1ccc([N+](=O)[O-])c(CC2CCN(C3CCC(OCC4CC4)CC3)CC2)c1. The van der Waals surface area contributed by atoms with Crippen molar-refractivity contribution in [3.63, 3.8) is 0 Å². The standard InChI is InChI=1S/2C23H34N2O3/c2*1-17-2-9-23(25(26)27)20(14-17)15-18-10-12-24(13-11-18)21-5-7-22(8-6-21)28-16-19-3-4-19/h2*2,9,14,18-19,21-22H,3-8,10-13,15-16H2,1H3. The summed E-state index contributed by atoms with van der Waals surface area (Å²) in [5, 5.41) is 22.7. The van der Waals surface area contributed by atoms with Crippen LogP contribution in [0.25, 0.3) is 0 Å². The second kappa shape index (κ2) is 19.7. The molecule has 2 aromatic rings. The third-order valence-electron chi connectivity index (χ3n) is 14.0. The number of likely N-dealkylation sites (tertiary alicyclic amines) is 2. The molecule has 0 amide bonds. The first-order valence-corrected chi connectivity index (χ1v) is 22.4. The number of benzene rings is 2. The summed E-state index contributed by atoms with van der Waals surface area (Å²) in [6.07, 6.45) is 22.7. The molecule has 56 heavy (non-hydrogen) atoms. The molecule has 6 aliphatic rings. The number of aryl methyl sites for hydroxylation is 2. The van der Waals surface area contributed by atoms with Crippen molar-refractivity contribution >= 4 is 11.4 Å². The molecule has 0 atom stereocenters. The molecule has 2 aliphatic heterocycles. The van der Waals surface area contributed by atoms with Gasteiger partial charge in [-0.3, -0.25) is 20.2 Å². The molecule has 2 saturated heterocycles. The Labute approximate surface area is 335 Å². The molecule has 0 unspecified atom stereocenters. The lowest BCUT2D eigenvalue weighted by Crippen LogP contribution is -2.44. The highest BCUT2D eigenvalue weighted by Crippen LogP contribution is 2.36. The van der Waals surface area contributed by atoms with Crippen molar-refractivity contribution in [1.29, 1.82) is 0 Å². The third-order valence-corrected chi connectivity index (χ3v) is 14.0. The van der Waals surface area contributed by atoms with E-state index in [1.54, 1.807) is 12.1 Å². The summed E-state index contributed by atoms with van der Waals surface area (Å²) < 4.78 is 12.2. The Morgan fingerprint density at radius 1 is 0.518 bits per heavy atom. The van der Waals surface area contributed by atoms with Crippen LogP contribution >= 0.6 is 0 Å². The van der Waals surface area contributed by atoms with Crippen LogP contribution in [0.2, 0.25) is 0 Å². The maximum absolute atomic E-state index is 11.3. The molecule has 2 aromatic carbocycles. The topological polar surface area (TPSA) is 111 Å². The average molecular weight is 773 g/mol. The molecule has 10 nitrogen and oxygen atoms in total. The van der Waals surface area contributed by atoms with Crippen LogP contribution in [-0.2, 0) is 22.3 Å². The highest BCUT2D eigenvalue weighted by Gasteiger charge is 2.33. The Bertz CT molecular complexity index is 1460. The van der Waals surface area contributed by atoms with E-state index >= 15 is 0 Å². The van der Waals surface area contributed by atoms with Crippen LogP contribution in [0, 0.1) is 57.7 Å². The van der Waals surface area contributed by atoms with E-state index in [9.17, 15) is 20.2 Å². The smallest absolute Gasteiger partial charge is 0.272 e. The summed E-state index contributed by atoms with van der Waals surface area (Å²) in [4.78, 5) is 27.6. The van der Waals surface area contributed by atoms with Crippen molar-refractivity contribution in [2.24, 2.45) is 23.7 Å². The summed E-state index contributed by atoms with van der Waals surface area (Å²) in [6, 6.07) is 12.5. The molecule has 0 N–H and O–H groups in total. The van der Waals surface area contributed by atoms with Crippen molar-refractivity contribution in [2.75, 3.05) is 39.4 Å². The second-order valence-electron chi connectivity index (χ2n) is 18.6. The second-order valence-corrected chi connectivity index (χ2v) is 18.6. The summed E-state index contributed by atoms with van der Waals surface area (Å²) in [5.74, 6) is 2.85. The average Bonchev–Trinajstić information content (AvgIpc) is 4.14. The van der Waals surface area contributed by atoms with Gasteiger partial charge in [0.1, 0.15) is 0 Å². The van der Waals surface area contributed by atoms with Gasteiger partial charge in [0, 0.05) is 48.6 Å². The van der Waals surface area contributed by atoms with Gasteiger partial charge in [-0.15, -0.1) is 0 Å². The van der Waals surface area contributed by atoms with Crippen molar-refractivity contribution < 1.29 is 19.3 Å². The van der Waals surface area contributed by atoms with Gasteiger partial charge in [0.15, 0.2) is 0 Å². The van der Waals surface area contributed by atoms with Gasteiger partial charge < -0.3 is 19.3 Å². The Hall–Kier alpha value is -2.92. The van der Waals surface area contributed by atoms with Crippen LogP contribution in [0.5, 0.6) is 0 Å². The van der Waals surface area contributed by atoms with Gasteiger partial charge >= 0.3 is 0 Å². The van der Waals surface area contributed by atoms with E-state index in [1.807, 2.05) is 38.1 Å². The molecular weight excluding hydrogens is 705 g/mol. The molecule has 0 radical (unpaired) electrons. The van der Waals surface area contributed by atoms with Crippen molar-refractivity contribution in [2.45, 2.75) is 154 Å². The van der Waals surface area contributed by atoms with E-state index in [2.05, 4.69) is 9.80 Å². The van der Waals surface area contributed by atoms with Gasteiger partial charge in [0.2, 0.25) is 0 Å². The number of nitro groups is 2. The minimum absolute atomic E-state index is 0.229. The number of ether oxygens (including phenoxy) is 2. The highest BCUT2D eigenvalue weighted by atomic mass is 16.6. The predicted molar refractivity (Wildman–Crippen MR) is 221 cm³/mol. The summed E-state index contributed by atoms with van der Waals surface area (Å²) >= 11 is 0. The molecule has 0 aromatic heterocycles. The third kappa shape index (κ3) is 12.1. The zero-order chi connectivity index (χ0) is 39.0. The Morgan fingerprint density at radius 3 is 1.20 bits per heavy atom. The van der Waals surface area contributed by atoms with E-state index in [1.165, 1.54) is 77.0 Å². The first-order valence-electron chi connectivity index (χ1n) is 22.4. The van der Waals surface area contributed by atoms with Crippen LogP contribution in [0.4, 0.5) is 11.4 Å². The molecule has 6 fully saturated rings. The molecule has 0 bridgehead atoms. The molecule has 4 saturated carbocycles. The van der Waals surface area contributed by atoms with E-state index in [-0.39, 0.29) is 21.2 Å². The van der Waals surface area contributed by atoms with Crippen LogP contribution in [0.3, 0.4) is 0 Å². The fourth-order valence-corrected chi connectivity index (χ4v) is 10.0. The number of nitro benzene ring substituents is 2. The zero-order valence-corrected chi connectivity index (χ0v) is 34.3. The van der Waals surface area contributed by atoms with Crippen molar-refractivity contribution in [3.05, 3.63) is 78.9 Å². The van der Waals surface area contributed by atoms with Gasteiger partial charge in [-0.1, -0.05) is 23.3 Å². The Morgan fingerprint density at radius 2 is 0.875 bits per heavy atom. The van der Waals surface area contributed by atoms with Gasteiger partial charge in [-0.05, 0) is 191 Å². The molecule has 2 heterocycles. The fourth-order valence-electron chi connectivity index (χ4n) is 10.0. The zero-order valence-electron chi connectivity index (χ0n) is 34.3. The van der Waals surface area contributed by atoms with Crippen LogP contribution < -0.4 is 0 Å². The Balaban J connectivity index is 0.000000172. The van der Waals surface area contributed by atoms with E-state index in [4.69, 9.17) is 9.47 Å². The van der Waals surface area contributed by atoms with E-state index in [0.29, 0.717) is 24.0 Å². The number of rotatable bonds is 14. The van der Waals surface area contributed by atoms with Gasteiger partial charge in [0.25, 0.3) is 11.4 Å². The molecule has 0 spiro atoms. The van der Waals surface area contributed by atoms with Crippen LogP contribution in [0.1, 0.15) is 125 Å². The normalized spacial score (nSPS) is 27.0. The number of hydrogen-bond donors (Lipinski definition) is 0. The monoisotopic (exact) mass is 773 g/mol. The first kappa shape index (κ1) is 41.2. The summed E-state index contributed by atoms with van der Waals surface area (Å²) in [6.45, 7) is 10.6. The van der Waals surface area contributed by atoms with Gasteiger partial charge in [-0.25, -0.2) is 0 Å². The molecule has 308 valence electrons. The van der Waals surface area contributed by atoms with Crippen LogP contribution in [0.15, 0.2) is 36.4 Å².